The smallest absolute Gasteiger partial charge is 0.260 e. The predicted molar refractivity (Wildman–Crippen MR) is 99.6 cm³/mol. The highest BCUT2D eigenvalue weighted by molar-refractivity contribution is 5.78. The molecule has 27 heavy (non-hydrogen) atoms. The second kappa shape index (κ2) is 8.86. The standard InChI is InChI=1S/C21H24FNO4/c1-15-4-3-5-20(16(15)2)27-14-21(24)23-10-11-25-19(12-23)13-26-18-8-6-17(22)7-9-18/h3-9,19H,10-14H2,1-2H3. The lowest BCUT2D eigenvalue weighted by Crippen LogP contribution is -2.49. The van der Waals surface area contributed by atoms with Crippen LogP contribution in [0.4, 0.5) is 4.39 Å². The summed E-state index contributed by atoms with van der Waals surface area (Å²) in [7, 11) is 0. The zero-order valence-corrected chi connectivity index (χ0v) is 15.6. The van der Waals surface area contributed by atoms with E-state index in [2.05, 4.69) is 0 Å². The molecule has 1 saturated heterocycles. The van der Waals surface area contributed by atoms with Crippen LogP contribution in [0.5, 0.6) is 11.5 Å². The van der Waals surface area contributed by atoms with Gasteiger partial charge in [0.25, 0.3) is 5.91 Å². The molecule has 5 nitrogen and oxygen atoms in total. The topological polar surface area (TPSA) is 48.0 Å². The van der Waals surface area contributed by atoms with Gasteiger partial charge in [0.2, 0.25) is 0 Å². The molecule has 0 spiro atoms. The molecule has 1 amide bonds. The summed E-state index contributed by atoms with van der Waals surface area (Å²) in [6, 6.07) is 11.6. The molecule has 0 N–H and O–H groups in total. The molecule has 3 rings (SSSR count). The van der Waals surface area contributed by atoms with Crippen molar-refractivity contribution in [3.63, 3.8) is 0 Å². The fraction of sp³-hybridized carbons (Fsp3) is 0.381. The van der Waals surface area contributed by atoms with Gasteiger partial charge in [-0.2, -0.15) is 0 Å². The summed E-state index contributed by atoms with van der Waals surface area (Å²) >= 11 is 0. The minimum absolute atomic E-state index is 0.00413. The second-order valence-electron chi connectivity index (χ2n) is 6.58. The maximum absolute atomic E-state index is 12.9. The third-order valence-electron chi connectivity index (χ3n) is 4.65. The Balaban J connectivity index is 1.48. The van der Waals surface area contributed by atoms with Crippen LogP contribution in [0.1, 0.15) is 11.1 Å². The van der Waals surface area contributed by atoms with E-state index in [0.29, 0.717) is 32.1 Å². The number of rotatable bonds is 6. The van der Waals surface area contributed by atoms with Crippen LogP contribution >= 0.6 is 0 Å². The molecule has 0 bridgehead atoms. The summed E-state index contributed by atoms with van der Waals surface area (Å²) in [5.74, 6) is 0.914. The average molecular weight is 373 g/mol. The Bertz CT molecular complexity index is 778. The Morgan fingerprint density at radius 1 is 1.19 bits per heavy atom. The van der Waals surface area contributed by atoms with E-state index in [1.807, 2.05) is 32.0 Å². The molecule has 0 aromatic heterocycles. The van der Waals surface area contributed by atoms with E-state index in [1.165, 1.54) is 12.1 Å². The largest absolute Gasteiger partial charge is 0.491 e. The molecule has 1 aliphatic heterocycles. The number of benzene rings is 2. The Hall–Kier alpha value is -2.60. The van der Waals surface area contributed by atoms with Gasteiger partial charge in [-0.15, -0.1) is 0 Å². The van der Waals surface area contributed by atoms with Gasteiger partial charge in [-0.3, -0.25) is 4.79 Å². The summed E-state index contributed by atoms with van der Waals surface area (Å²) in [5.41, 5.74) is 2.17. The van der Waals surface area contributed by atoms with Gasteiger partial charge in [0.15, 0.2) is 6.61 Å². The van der Waals surface area contributed by atoms with Crippen molar-refractivity contribution in [3.8, 4) is 11.5 Å². The third-order valence-corrected chi connectivity index (χ3v) is 4.65. The highest BCUT2D eigenvalue weighted by Gasteiger charge is 2.25. The van der Waals surface area contributed by atoms with Crippen molar-refractivity contribution in [3.05, 3.63) is 59.4 Å². The number of morpholine rings is 1. The van der Waals surface area contributed by atoms with Gasteiger partial charge < -0.3 is 19.1 Å². The summed E-state index contributed by atoms with van der Waals surface area (Å²) < 4.78 is 29.9. The minimum Gasteiger partial charge on any atom is -0.491 e. The van der Waals surface area contributed by atoms with Crippen molar-refractivity contribution in [2.24, 2.45) is 0 Å². The molecule has 0 aliphatic carbocycles. The van der Waals surface area contributed by atoms with Crippen LogP contribution in [0, 0.1) is 19.7 Å². The lowest BCUT2D eigenvalue weighted by molar-refractivity contribution is -0.142. The molecule has 144 valence electrons. The van der Waals surface area contributed by atoms with Gasteiger partial charge in [0, 0.05) is 6.54 Å². The van der Waals surface area contributed by atoms with Crippen LogP contribution in [-0.4, -0.2) is 49.8 Å². The zero-order chi connectivity index (χ0) is 19.2. The normalized spacial score (nSPS) is 16.9. The summed E-state index contributed by atoms with van der Waals surface area (Å²) in [4.78, 5) is 14.2. The maximum Gasteiger partial charge on any atom is 0.260 e. The first-order valence-corrected chi connectivity index (χ1v) is 8.99. The van der Waals surface area contributed by atoms with Crippen molar-refractivity contribution in [1.29, 1.82) is 0 Å². The van der Waals surface area contributed by atoms with Crippen molar-refractivity contribution in [2.75, 3.05) is 32.9 Å². The van der Waals surface area contributed by atoms with E-state index >= 15 is 0 Å². The molecule has 1 aliphatic rings. The fourth-order valence-corrected chi connectivity index (χ4v) is 2.88. The average Bonchev–Trinajstić information content (AvgIpc) is 2.68. The molecule has 1 unspecified atom stereocenters. The number of amides is 1. The van der Waals surface area contributed by atoms with E-state index < -0.39 is 0 Å². The SMILES string of the molecule is Cc1cccc(OCC(=O)N2CCOC(COc3ccc(F)cc3)C2)c1C. The second-order valence-corrected chi connectivity index (χ2v) is 6.58. The van der Waals surface area contributed by atoms with E-state index in [0.717, 1.165) is 16.9 Å². The zero-order valence-electron chi connectivity index (χ0n) is 15.6. The number of hydrogen-bond acceptors (Lipinski definition) is 4. The van der Waals surface area contributed by atoms with Gasteiger partial charge in [0.1, 0.15) is 30.0 Å². The Morgan fingerprint density at radius 2 is 1.96 bits per heavy atom. The van der Waals surface area contributed by atoms with Gasteiger partial charge in [-0.25, -0.2) is 4.39 Å². The monoisotopic (exact) mass is 373 g/mol. The lowest BCUT2D eigenvalue weighted by Gasteiger charge is -2.32. The van der Waals surface area contributed by atoms with Crippen molar-refractivity contribution in [2.45, 2.75) is 20.0 Å². The Morgan fingerprint density at radius 3 is 2.74 bits per heavy atom. The molecule has 1 fully saturated rings. The van der Waals surface area contributed by atoms with Crippen LogP contribution in [0.3, 0.4) is 0 Å². The molecule has 2 aromatic carbocycles. The number of carbonyl (C=O) groups excluding carboxylic acids is 1. The van der Waals surface area contributed by atoms with Gasteiger partial charge >= 0.3 is 0 Å². The molecule has 0 saturated carbocycles. The van der Waals surface area contributed by atoms with Crippen LogP contribution in [0.2, 0.25) is 0 Å². The molecule has 6 heteroatoms. The number of carbonyl (C=O) groups is 1. The molecule has 0 radical (unpaired) electrons. The highest BCUT2D eigenvalue weighted by atomic mass is 19.1. The van der Waals surface area contributed by atoms with Crippen molar-refractivity contribution < 1.29 is 23.4 Å². The minimum atomic E-state index is -0.308. The molecular formula is C21H24FNO4. The first-order chi connectivity index (χ1) is 13.0. The summed E-state index contributed by atoms with van der Waals surface area (Å²) in [6.07, 6.45) is -0.228. The summed E-state index contributed by atoms with van der Waals surface area (Å²) in [5, 5.41) is 0. The number of ether oxygens (including phenoxy) is 3. The Kier molecular flexibility index (Phi) is 6.29. The van der Waals surface area contributed by atoms with Crippen LogP contribution in [-0.2, 0) is 9.53 Å². The number of nitrogens with zero attached hydrogens (tertiary/aromatic N) is 1. The first-order valence-electron chi connectivity index (χ1n) is 8.99. The number of hydrogen-bond donors (Lipinski definition) is 0. The van der Waals surface area contributed by atoms with Crippen LogP contribution in [0.25, 0.3) is 0 Å². The highest BCUT2D eigenvalue weighted by Crippen LogP contribution is 2.20. The predicted octanol–water partition coefficient (Wildman–Crippen LogP) is 3.13. The van der Waals surface area contributed by atoms with E-state index in [-0.39, 0.29) is 24.4 Å². The lowest BCUT2D eigenvalue weighted by atomic mass is 10.1. The molecule has 2 aromatic rings. The molecule has 1 atom stereocenters. The van der Waals surface area contributed by atoms with Crippen molar-refractivity contribution >= 4 is 5.91 Å². The first kappa shape index (κ1) is 19.2. The maximum atomic E-state index is 12.9. The van der Waals surface area contributed by atoms with Gasteiger partial charge in [0.05, 0.1) is 13.2 Å². The van der Waals surface area contributed by atoms with E-state index in [4.69, 9.17) is 14.2 Å². The third kappa shape index (κ3) is 5.20. The molecule has 1 heterocycles. The van der Waals surface area contributed by atoms with Gasteiger partial charge in [-0.05, 0) is 55.3 Å². The van der Waals surface area contributed by atoms with Crippen molar-refractivity contribution in [1.82, 2.24) is 4.90 Å². The quantitative estimate of drug-likeness (QED) is 0.781. The molecular weight excluding hydrogens is 349 g/mol. The fourth-order valence-electron chi connectivity index (χ4n) is 2.88. The summed E-state index contributed by atoms with van der Waals surface area (Å²) in [6.45, 7) is 5.71. The van der Waals surface area contributed by atoms with Gasteiger partial charge in [-0.1, -0.05) is 12.1 Å². The van der Waals surface area contributed by atoms with E-state index in [1.54, 1.807) is 17.0 Å². The van der Waals surface area contributed by atoms with E-state index in [9.17, 15) is 9.18 Å². The van der Waals surface area contributed by atoms with Crippen LogP contribution < -0.4 is 9.47 Å². The van der Waals surface area contributed by atoms with Crippen LogP contribution in [0.15, 0.2) is 42.5 Å². The number of halogens is 1. The number of aryl methyl sites for hydroxylation is 1. The Labute approximate surface area is 158 Å².